The van der Waals surface area contributed by atoms with Gasteiger partial charge in [-0.05, 0) is 6.92 Å². The first-order valence-electron chi connectivity index (χ1n) is 4.56. The lowest BCUT2D eigenvalue weighted by atomic mass is 10.2. The number of rotatable bonds is 4. The van der Waals surface area contributed by atoms with E-state index in [1.54, 1.807) is 6.92 Å². The van der Waals surface area contributed by atoms with Gasteiger partial charge in [-0.25, -0.2) is 0 Å². The SMILES string of the molecule is C=C(C)C(=O)NC(CC)[N+](C)(C)C.N. The number of carbonyl (C=O) groups excluding carboxylic acids is 1. The molecule has 0 aromatic carbocycles. The van der Waals surface area contributed by atoms with Gasteiger partial charge in [0.2, 0.25) is 0 Å². The highest BCUT2D eigenvalue weighted by Gasteiger charge is 2.23. The average molecular weight is 202 g/mol. The van der Waals surface area contributed by atoms with Gasteiger partial charge < -0.3 is 16.0 Å². The second-order valence-corrected chi connectivity index (χ2v) is 4.29. The van der Waals surface area contributed by atoms with E-state index in [9.17, 15) is 4.79 Å². The lowest BCUT2D eigenvalue weighted by molar-refractivity contribution is -0.898. The van der Waals surface area contributed by atoms with Crippen molar-refractivity contribution < 1.29 is 9.28 Å². The highest BCUT2D eigenvalue weighted by atomic mass is 16.1. The summed E-state index contributed by atoms with van der Waals surface area (Å²) in [5.41, 5.74) is 0.562. The number of amides is 1. The molecule has 0 aromatic rings. The number of nitrogens with one attached hydrogen (secondary N) is 1. The summed E-state index contributed by atoms with van der Waals surface area (Å²) in [5, 5.41) is 2.94. The number of hydrogen-bond donors (Lipinski definition) is 2. The van der Waals surface area contributed by atoms with Crippen LogP contribution < -0.4 is 11.5 Å². The van der Waals surface area contributed by atoms with Crippen molar-refractivity contribution in [3.05, 3.63) is 12.2 Å². The molecule has 84 valence electrons. The van der Waals surface area contributed by atoms with Crippen LogP contribution in [0.2, 0.25) is 0 Å². The maximum atomic E-state index is 11.3. The molecule has 0 aliphatic carbocycles. The molecular weight excluding hydrogens is 178 g/mol. The van der Waals surface area contributed by atoms with Crippen molar-refractivity contribution in [2.75, 3.05) is 21.1 Å². The van der Waals surface area contributed by atoms with Gasteiger partial charge >= 0.3 is 0 Å². The first-order chi connectivity index (χ1) is 5.79. The molecule has 1 amide bonds. The molecular formula is C10H24N3O+. The first kappa shape index (κ1) is 15.6. The average Bonchev–Trinajstić information content (AvgIpc) is 1.96. The van der Waals surface area contributed by atoms with Gasteiger partial charge in [-0.2, -0.15) is 0 Å². The molecule has 0 radical (unpaired) electrons. The van der Waals surface area contributed by atoms with Crippen LogP contribution in [0.15, 0.2) is 12.2 Å². The Bertz CT molecular complexity index is 206. The summed E-state index contributed by atoms with van der Waals surface area (Å²) < 4.78 is 0.732. The van der Waals surface area contributed by atoms with E-state index in [0.29, 0.717) is 5.57 Å². The largest absolute Gasteiger partial charge is 0.344 e. The van der Waals surface area contributed by atoms with Gasteiger partial charge in [-0.3, -0.25) is 4.79 Å². The summed E-state index contributed by atoms with van der Waals surface area (Å²) in [6, 6.07) is 0. The van der Waals surface area contributed by atoms with Gasteiger partial charge in [-0.1, -0.05) is 13.5 Å². The van der Waals surface area contributed by atoms with Crippen LogP contribution in [0.4, 0.5) is 0 Å². The molecule has 0 aliphatic rings. The van der Waals surface area contributed by atoms with E-state index >= 15 is 0 Å². The Kier molecular flexibility index (Phi) is 6.43. The summed E-state index contributed by atoms with van der Waals surface area (Å²) in [6.07, 6.45) is 1.08. The minimum atomic E-state index is -0.0556. The molecule has 14 heavy (non-hydrogen) atoms. The van der Waals surface area contributed by atoms with Crippen LogP contribution in [-0.4, -0.2) is 37.7 Å². The molecule has 0 fully saturated rings. The minimum absolute atomic E-state index is 0. The van der Waals surface area contributed by atoms with E-state index in [4.69, 9.17) is 0 Å². The highest BCUT2D eigenvalue weighted by Crippen LogP contribution is 2.04. The maximum Gasteiger partial charge on any atom is 0.250 e. The number of quaternary nitrogens is 1. The smallest absolute Gasteiger partial charge is 0.250 e. The summed E-state index contributed by atoms with van der Waals surface area (Å²) >= 11 is 0. The van der Waals surface area contributed by atoms with Crippen molar-refractivity contribution in [3.8, 4) is 0 Å². The van der Waals surface area contributed by atoms with Gasteiger partial charge in [0.25, 0.3) is 5.91 Å². The molecule has 0 aliphatic heterocycles. The van der Waals surface area contributed by atoms with Crippen LogP contribution in [0.5, 0.6) is 0 Å². The van der Waals surface area contributed by atoms with E-state index in [1.807, 2.05) is 0 Å². The Morgan fingerprint density at radius 2 is 1.86 bits per heavy atom. The molecule has 4 heteroatoms. The van der Waals surface area contributed by atoms with E-state index < -0.39 is 0 Å². The van der Waals surface area contributed by atoms with Gasteiger partial charge in [0, 0.05) is 12.0 Å². The zero-order valence-corrected chi connectivity index (χ0v) is 10.1. The van der Waals surface area contributed by atoms with Crippen LogP contribution in [0.1, 0.15) is 20.3 Å². The second-order valence-electron chi connectivity index (χ2n) is 4.29. The monoisotopic (exact) mass is 202 g/mol. The Morgan fingerprint density at radius 1 is 1.43 bits per heavy atom. The second kappa shape index (κ2) is 5.78. The molecule has 1 atom stereocenters. The van der Waals surface area contributed by atoms with E-state index in [-0.39, 0.29) is 18.2 Å². The van der Waals surface area contributed by atoms with Crippen LogP contribution in [-0.2, 0) is 4.79 Å². The summed E-state index contributed by atoms with van der Waals surface area (Å²) in [4.78, 5) is 11.3. The van der Waals surface area contributed by atoms with E-state index in [1.165, 1.54) is 0 Å². The molecule has 0 bridgehead atoms. The Labute approximate surface area is 87.2 Å². The normalized spacial score (nSPS) is 12.6. The summed E-state index contributed by atoms with van der Waals surface area (Å²) in [6.45, 7) is 7.39. The van der Waals surface area contributed by atoms with Gasteiger partial charge in [0.1, 0.15) is 0 Å². The van der Waals surface area contributed by atoms with Crippen molar-refractivity contribution >= 4 is 5.91 Å². The third kappa shape index (κ3) is 4.99. The van der Waals surface area contributed by atoms with Crippen molar-refractivity contribution in [1.82, 2.24) is 11.5 Å². The summed E-state index contributed by atoms with van der Waals surface area (Å²) in [7, 11) is 6.19. The fourth-order valence-electron chi connectivity index (χ4n) is 1.12. The molecule has 0 aromatic heterocycles. The predicted molar refractivity (Wildman–Crippen MR) is 60.1 cm³/mol. The zero-order valence-electron chi connectivity index (χ0n) is 10.1. The van der Waals surface area contributed by atoms with Crippen LogP contribution in [0.25, 0.3) is 0 Å². The number of hydrogen-bond acceptors (Lipinski definition) is 2. The molecule has 4 N–H and O–H groups in total. The summed E-state index contributed by atoms with van der Waals surface area (Å²) in [5.74, 6) is -0.0556. The molecule has 4 nitrogen and oxygen atoms in total. The van der Waals surface area contributed by atoms with Crippen LogP contribution in [0, 0.1) is 0 Å². The molecule has 0 spiro atoms. The Balaban J connectivity index is 0. The molecule has 0 heterocycles. The Morgan fingerprint density at radius 3 is 2.07 bits per heavy atom. The van der Waals surface area contributed by atoms with Crippen molar-refractivity contribution in [2.45, 2.75) is 26.4 Å². The van der Waals surface area contributed by atoms with Crippen molar-refractivity contribution in [3.63, 3.8) is 0 Å². The van der Waals surface area contributed by atoms with Crippen LogP contribution >= 0.6 is 0 Å². The van der Waals surface area contributed by atoms with Gasteiger partial charge in [0.15, 0.2) is 6.17 Å². The topological polar surface area (TPSA) is 64.1 Å². The predicted octanol–water partition coefficient (Wildman–Crippen LogP) is 1.28. The molecule has 0 saturated heterocycles. The zero-order chi connectivity index (χ0) is 10.6. The standard InChI is InChI=1S/C10H20N2O.H3N/c1-7-9(12(4,5)6)11-10(13)8(2)3;/h9H,2,7H2,1,3-6H3;1H3/p+1. The molecule has 0 saturated carbocycles. The lowest BCUT2D eigenvalue weighted by Gasteiger charge is -2.33. The lowest BCUT2D eigenvalue weighted by Crippen LogP contribution is -2.54. The minimum Gasteiger partial charge on any atom is -0.344 e. The van der Waals surface area contributed by atoms with Gasteiger partial charge in [-0.15, -0.1) is 0 Å². The fraction of sp³-hybridized carbons (Fsp3) is 0.700. The van der Waals surface area contributed by atoms with Crippen molar-refractivity contribution in [2.24, 2.45) is 0 Å². The quantitative estimate of drug-likeness (QED) is 0.410. The van der Waals surface area contributed by atoms with E-state index in [0.717, 1.165) is 10.9 Å². The third-order valence-electron chi connectivity index (χ3n) is 2.01. The highest BCUT2D eigenvalue weighted by molar-refractivity contribution is 5.92. The Hall–Kier alpha value is -0.870. The fourth-order valence-corrected chi connectivity index (χ4v) is 1.12. The molecule has 0 rings (SSSR count). The number of nitrogens with zero attached hydrogens (tertiary/aromatic N) is 1. The number of carbonyl (C=O) groups is 1. The first-order valence-corrected chi connectivity index (χ1v) is 4.56. The third-order valence-corrected chi connectivity index (χ3v) is 2.01. The van der Waals surface area contributed by atoms with Gasteiger partial charge in [0.05, 0.1) is 21.1 Å². The van der Waals surface area contributed by atoms with Crippen molar-refractivity contribution in [1.29, 1.82) is 0 Å². The molecule has 1 unspecified atom stereocenters. The van der Waals surface area contributed by atoms with E-state index in [2.05, 4.69) is 40.0 Å². The van der Waals surface area contributed by atoms with Crippen LogP contribution in [0.3, 0.4) is 0 Å². The maximum absolute atomic E-state index is 11.3.